The van der Waals surface area contributed by atoms with Gasteiger partial charge in [0.2, 0.25) is 0 Å². The summed E-state index contributed by atoms with van der Waals surface area (Å²) in [5, 5.41) is 6.74. The number of nitrogens with one attached hydrogen (secondary N) is 2. The van der Waals surface area contributed by atoms with Crippen LogP contribution in [0.4, 0.5) is 0 Å². The lowest BCUT2D eigenvalue weighted by atomic mass is 10.0. The van der Waals surface area contributed by atoms with Gasteiger partial charge in [0, 0.05) is 11.1 Å². The van der Waals surface area contributed by atoms with Crippen LogP contribution in [-0.4, -0.2) is 36.1 Å². The van der Waals surface area contributed by atoms with E-state index >= 15 is 0 Å². The van der Waals surface area contributed by atoms with Gasteiger partial charge < -0.3 is 14.5 Å². The van der Waals surface area contributed by atoms with Gasteiger partial charge in [0.15, 0.2) is 0 Å². The molecule has 188 valence electrons. The van der Waals surface area contributed by atoms with Crippen LogP contribution >= 0.6 is 0 Å². The smallest absolute Gasteiger partial charge is 0.339 e. The summed E-state index contributed by atoms with van der Waals surface area (Å²) in [7, 11) is 0. The fraction of sp³-hybridized carbons (Fsp3) is 0.286. The lowest BCUT2D eigenvalue weighted by Crippen LogP contribution is -2.48. The van der Waals surface area contributed by atoms with E-state index < -0.39 is 17.9 Å². The molecule has 0 bridgehead atoms. The molecule has 2 amide bonds. The lowest BCUT2D eigenvalue weighted by Gasteiger charge is -2.20. The lowest BCUT2D eigenvalue weighted by molar-refractivity contribution is -0.123. The molecule has 0 aliphatic rings. The van der Waals surface area contributed by atoms with Gasteiger partial charge in [0.25, 0.3) is 11.8 Å². The summed E-state index contributed by atoms with van der Waals surface area (Å²) in [6.45, 7) is 9.18. The molecule has 8 heteroatoms. The van der Waals surface area contributed by atoms with Gasteiger partial charge in [0.05, 0.1) is 17.9 Å². The number of nitrogens with zero attached hydrogens (tertiary/aromatic N) is 1. The van der Waals surface area contributed by atoms with Crippen LogP contribution in [0.25, 0.3) is 11.3 Å². The average molecular weight is 490 g/mol. The van der Waals surface area contributed by atoms with E-state index in [0.717, 1.165) is 5.56 Å². The van der Waals surface area contributed by atoms with Crippen LogP contribution in [0.15, 0.2) is 70.2 Å². The minimum Gasteiger partial charge on any atom is -0.459 e. The Morgan fingerprint density at radius 2 is 1.64 bits per heavy atom. The molecule has 2 aromatic carbocycles. The van der Waals surface area contributed by atoms with Gasteiger partial charge in [-0.1, -0.05) is 49.7 Å². The van der Waals surface area contributed by atoms with Gasteiger partial charge in [-0.05, 0) is 57.0 Å². The van der Waals surface area contributed by atoms with Crippen LogP contribution in [0.3, 0.4) is 0 Å². The van der Waals surface area contributed by atoms with Gasteiger partial charge in [-0.3, -0.25) is 9.59 Å². The second kappa shape index (κ2) is 12.0. The molecule has 1 heterocycles. The third kappa shape index (κ3) is 6.91. The molecule has 0 spiro atoms. The summed E-state index contributed by atoms with van der Waals surface area (Å²) in [4.78, 5) is 37.7. The molecule has 3 aromatic rings. The molecule has 3 rings (SSSR count). The molecular formula is C28H31N3O5. The third-order valence-corrected chi connectivity index (χ3v) is 5.30. The fourth-order valence-corrected chi connectivity index (χ4v) is 3.41. The van der Waals surface area contributed by atoms with Crippen molar-refractivity contribution in [3.63, 3.8) is 0 Å². The number of carbonyl (C=O) groups is 3. The predicted molar refractivity (Wildman–Crippen MR) is 138 cm³/mol. The summed E-state index contributed by atoms with van der Waals surface area (Å²) < 4.78 is 11.1. The summed E-state index contributed by atoms with van der Waals surface area (Å²) in [5.41, 5.74) is 4.96. The number of hydrazone groups is 1. The Bertz CT molecular complexity index is 1240. The number of esters is 1. The van der Waals surface area contributed by atoms with Gasteiger partial charge in [-0.25, -0.2) is 10.2 Å². The van der Waals surface area contributed by atoms with Crippen LogP contribution < -0.4 is 10.7 Å². The Hall–Kier alpha value is -4.20. The maximum absolute atomic E-state index is 12.7. The minimum absolute atomic E-state index is 0.160. The third-order valence-electron chi connectivity index (χ3n) is 5.30. The number of hydrogen-bond donors (Lipinski definition) is 2. The SMILES string of the molecule is Cc1ccc(C(=O)NC(C(=O)N/N=C\c2ccc(-c3ccccc3C(=O)OC(C)C)o2)C(C)C)cc1. The van der Waals surface area contributed by atoms with E-state index in [1.54, 1.807) is 62.4 Å². The highest BCUT2D eigenvalue weighted by Crippen LogP contribution is 2.26. The molecule has 0 fully saturated rings. The van der Waals surface area contributed by atoms with Crippen molar-refractivity contribution in [1.82, 2.24) is 10.7 Å². The maximum Gasteiger partial charge on any atom is 0.339 e. The van der Waals surface area contributed by atoms with Crippen molar-refractivity contribution in [2.75, 3.05) is 0 Å². The zero-order chi connectivity index (χ0) is 26.2. The van der Waals surface area contributed by atoms with Gasteiger partial charge in [-0.15, -0.1) is 0 Å². The van der Waals surface area contributed by atoms with E-state index in [4.69, 9.17) is 9.15 Å². The van der Waals surface area contributed by atoms with Crippen LogP contribution in [0.1, 0.15) is 59.7 Å². The minimum atomic E-state index is -0.776. The number of ether oxygens (including phenoxy) is 1. The Kier molecular flexibility index (Phi) is 8.78. The first kappa shape index (κ1) is 26.4. The molecule has 1 unspecified atom stereocenters. The molecule has 0 saturated heterocycles. The largest absolute Gasteiger partial charge is 0.459 e. The second-order valence-electron chi connectivity index (χ2n) is 9.00. The monoisotopic (exact) mass is 489 g/mol. The van der Waals surface area contributed by atoms with Crippen LogP contribution in [0, 0.1) is 12.8 Å². The molecule has 2 N–H and O–H groups in total. The number of hydrogen-bond acceptors (Lipinski definition) is 6. The topological polar surface area (TPSA) is 110 Å². The summed E-state index contributed by atoms with van der Waals surface area (Å²) >= 11 is 0. The first-order chi connectivity index (χ1) is 17.2. The van der Waals surface area contributed by atoms with E-state index in [1.807, 2.05) is 32.9 Å². The number of rotatable bonds is 9. The average Bonchev–Trinajstić information content (AvgIpc) is 3.31. The van der Waals surface area contributed by atoms with E-state index in [2.05, 4.69) is 15.8 Å². The van der Waals surface area contributed by atoms with E-state index in [9.17, 15) is 14.4 Å². The van der Waals surface area contributed by atoms with Crippen LogP contribution in [-0.2, 0) is 9.53 Å². The molecule has 8 nitrogen and oxygen atoms in total. The molecular weight excluding hydrogens is 458 g/mol. The Balaban J connectivity index is 1.66. The molecule has 0 aliphatic carbocycles. The van der Waals surface area contributed by atoms with Crippen molar-refractivity contribution in [3.05, 3.63) is 83.1 Å². The summed E-state index contributed by atoms with van der Waals surface area (Å²) in [6, 6.07) is 16.7. The predicted octanol–water partition coefficient (Wildman–Crippen LogP) is 4.72. The van der Waals surface area contributed by atoms with E-state index in [-0.39, 0.29) is 17.9 Å². The number of carbonyl (C=O) groups excluding carboxylic acids is 3. The summed E-state index contributed by atoms with van der Waals surface area (Å²) in [5.74, 6) is -0.543. The van der Waals surface area contributed by atoms with Crippen LogP contribution in [0.2, 0.25) is 0 Å². The standard InChI is InChI=1S/C28H31N3O5/c1-17(2)25(30-26(32)20-12-10-19(5)11-13-20)27(33)31-29-16-21-14-15-24(36-21)22-8-6-7-9-23(22)28(34)35-18(3)4/h6-18,25H,1-5H3,(H,30,32)(H,31,33)/b29-16-. The Morgan fingerprint density at radius 3 is 2.31 bits per heavy atom. The maximum atomic E-state index is 12.7. The van der Waals surface area contributed by atoms with Gasteiger partial charge in [0.1, 0.15) is 17.6 Å². The quantitative estimate of drug-likeness (QED) is 0.257. The Labute approximate surface area is 210 Å². The van der Waals surface area contributed by atoms with Gasteiger partial charge >= 0.3 is 5.97 Å². The first-order valence-corrected chi connectivity index (χ1v) is 11.8. The number of amides is 2. The molecule has 0 aliphatic heterocycles. The zero-order valence-corrected chi connectivity index (χ0v) is 21.1. The number of aryl methyl sites for hydroxylation is 1. The first-order valence-electron chi connectivity index (χ1n) is 11.8. The van der Waals surface area contributed by atoms with Crippen molar-refractivity contribution < 1.29 is 23.5 Å². The molecule has 0 radical (unpaired) electrons. The van der Waals surface area contributed by atoms with Crippen molar-refractivity contribution in [3.8, 4) is 11.3 Å². The van der Waals surface area contributed by atoms with Crippen molar-refractivity contribution in [2.24, 2.45) is 11.0 Å². The van der Waals surface area contributed by atoms with E-state index in [0.29, 0.717) is 28.2 Å². The number of benzene rings is 2. The highest BCUT2D eigenvalue weighted by atomic mass is 16.5. The van der Waals surface area contributed by atoms with E-state index in [1.165, 1.54) is 6.21 Å². The van der Waals surface area contributed by atoms with Crippen molar-refractivity contribution in [1.29, 1.82) is 0 Å². The molecule has 36 heavy (non-hydrogen) atoms. The van der Waals surface area contributed by atoms with Crippen molar-refractivity contribution >= 4 is 24.0 Å². The second-order valence-corrected chi connectivity index (χ2v) is 9.00. The highest BCUT2D eigenvalue weighted by Gasteiger charge is 2.24. The van der Waals surface area contributed by atoms with Crippen molar-refractivity contribution in [2.45, 2.75) is 46.8 Å². The Morgan fingerprint density at radius 1 is 0.944 bits per heavy atom. The summed E-state index contributed by atoms with van der Waals surface area (Å²) in [6.07, 6.45) is 1.11. The fourth-order valence-electron chi connectivity index (χ4n) is 3.41. The van der Waals surface area contributed by atoms with Gasteiger partial charge in [-0.2, -0.15) is 5.10 Å². The zero-order valence-electron chi connectivity index (χ0n) is 21.1. The molecule has 0 saturated carbocycles. The normalized spacial score (nSPS) is 12.1. The highest BCUT2D eigenvalue weighted by molar-refractivity contribution is 5.98. The van der Waals surface area contributed by atoms with Crippen LogP contribution in [0.5, 0.6) is 0 Å². The molecule has 1 atom stereocenters. The number of furan rings is 1. The molecule has 1 aromatic heterocycles.